The SMILES string of the molecule is Cc1cc2c(cc1S(=O)(=O)NC1CCCc3ccccc31)n(C)c(=O)c(=O)n2C. The van der Waals surface area contributed by atoms with Crippen molar-refractivity contribution < 1.29 is 8.42 Å². The predicted octanol–water partition coefficient (Wildman–Crippen LogP) is 1.90. The van der Waals surface area contributed by atoms with Gasteiger partial charge in [0.1, 0.15) is 0 Å². The third kappa shape index (κ3) is 3.22. The van der Waals surface area contributed by atoms with Gasteiger partial charge in [-0.05, 0) is 55.0 Å². The second-order valence-electron chi connectivity index (χ2n) is 7.60. The molecule has 1 N–H and O–H groups in total. The van der Waals surface area contributed by atoms with Crippen LogP contribution < -0.4 is 15.8 Å². The van der Waals surface area contributed by atoms with Crippen LogP contribution in [0.1, 0.15) is 35.6 Å². The van der Waals surface area contributed by atoms with E-state index in [1.165, 1.54) is 34.9 Å². The summed E-state index contributed by atoms with van der Waals surface area (Å²) in [4.78, 5) is 24.4. The fourth-order valence-corrected chi connectivity index (χ4v) is 5.62. The second-order valence-corrected chi connectivity index (χ2v) is 9.28. The summed E-state index contributed by atoms with van der Waals surface area (Å²) < 4.78 is 31.8. The highest BCUT2D eigenvalue weighted by Crippen LogP contribution is 2.31. The third-order valence-electron chi connectivity index (χ3n) is 5.74. The lowest BCUT2D eigenvalue weighted by Gasteiger charge is -2.26. The molecular formula is C21H23N3O4S. The van der Waals surface area contributed by atoms with Gasteiger partial charge in [0.15, 0.2) is 0 Å². The van der Waals surface area contributed by atoms with Crippen molar-refractivity contribution in [3.05, 3.63) is 73.8 Å². The van der Waals surface area contributed by atoms with E-state index >= 15 is 0 Å². The zero-order valence-corrected chi connectivity index (χ0v) is 17.4. The van der Waals surface area contributed by atoms with Gasteiger partial charge in [0, 0.05) is 20.1 Å². The Morgan fingerprint density at radius 1 is 1.00 bits per heavy atom. The molecule has 3 aromatic rings. The monoisotopic (exact) mass is 413 g/mol. The van der Waals surface area contributed by atoms with E-state index in [0.717, 1.165) is 24.8 Å². The Balaban J connectivity index is 1.83. The van der Waals surface area contributed by atoms with E-state index in [2.05, 4.69) is 4.72 Å². The van der Waals surface area contributed by atoms with Gasteiger partial charge < -0.3 is 9.13 Å². The van der Waals surface area contributed by atoms with Crippen LogP contribution in [0.25, 0.3) is 11.0 Å². The summed E-state index contributed by atoms with van der Waals surface area (Å²) in [6.07, 6.45) is 2.59. The summed E-state index contributed by atoms with van der Waals surface area (Å²) in [5, 5.41) is 0. The second kappa shape index (κ2) is 6.96. The molecule has 152 valence electrons. The molecule has 0 saturated carbocycles. The lowest BCUT2D eigenvalue weighted by atomic mass is 9.88. The van der Waals surface area contributed by atoms with Gasteiger partial charge in [-0.1, -0.05) is 24.3 Å². The molecule has 7 nitrogen and oxygen atoms in total. The quantitative estimate of drug-likeness (QED) is 0.664. The normalized spacial score (nSPS) is 16.7. The van der Waals surface area contributed by atoms with Crippen LogP contribution in [0.4, 0.5) is 0 Å². The van der Waals surface area contributed by atoms with Gasteiger partial charge in [-0.15, -0.1) is 0 Å². The van der Waals surface area contributed by atoms with E-state index in [1.54, 1.807) is 13.0 Å². The highest BCUT2D eigenvalue weighted by molar-refractivity contribution is 7.89. The first-order valence-electron chi connectivity index (χ1n) is 9.51. The summed E-state index contributed by atoms with van der Waals surface area (Å²) in [5.41, 5.74) is 2.26. The molecule has 0 amide bonds. The van der Waals surface area contributed by atoms with Crippen molar-refractivity contribution in [2.45, 2.75) is 37.1 Å². The zero-order valence-electron chi connectivity index (χ0n) is 16.6. The first-order valence-corrected chi connectivity index (χ1v) is 11.0. The number of aryl methyl sites for hydroxylation is 4. The Bertz CT molecular complexity index is 1350. The Labute approximate surface area is 168 Å². The highest BCUT2D eigenvalue weighted by atomic mass is 32.2. The van der Waals surface area contributed by atoms with E-state index in [4.69, 9.17) is 0 Å². The topological polar surface area (TPSA) is 90.2 Å². The number of nitrogens with one attached hydrogen (secondary N) is 1. The molecule has 0 radical (unpaired) electrons. The summed E-state index contributed by atoms with van der Waals surface area (Å²) >= 11 is 0. The molecule has 1 aliphatic carbocycles. The van der Waals surface area contributed by atoms with Crippen LogP contribution in [0.15, 0.2) is 50.9 Å². The Morgan fingerprint density at radius 2 is 1.62 bits per heavy atom. The first-order chi connectivity index (χ1) is 13.7. The minimum atomic E-state index is -3.83. The third-order valence-corrected chi connectivity index (χ3v) is 7.36. The van der Waals surface area contributed by atoms with Crippen molar-refractivity contribution in [3.63, 3.8) is 0 Å². The fourth-order valence-electron chi connectivity index (χ4n) is 4.12. The van der Waals surface area contributed by atoms with Gasteiger partial charge in [0.05, 0.1) is 15.9 Å². The maximum atomic E-state index is 13.3. The van der Waals surface area contributed by atoms with Crippen LogP contribution in [0.3, 0.4) is 0 Å². The van der Waals surface area contributed by atoms with E-state index in [9.17, 15) is 18.0 Å². The number of rotatable bonds is 3. The molecule has 1 heterocycles. The fraction of sp³-hybridized carbons (Fsp3) is 0.333. The molecule has 4 rings (SSSR count). The van der Waals surface area contributed by atoms with Crippen LogP contribution in [0.2, 0.25) is 0 Å². The molecular weight excluding hydrogens is 390 g/mol. The van der Waals surface area contributed by atoms with Gasteiger partial charge in [0.25, 0.3) is 0 Å². The maximum Gasteiger partial charge on any atom is 0.316 e. The first kappa shape index (κ1) is 19.6. The number of nitrogens with zero attached hydrogens (tertiary/aromatic N) is 2. The van der Waals surface area contributed by atoms with Gasteiger partial charge in [0.2, 0.25) is 10.0 Å². The van der Waals surface area contributed by atoms with Gasteiger partial charge in [-0.2, -0.15) is 0 Å². The average Bonchev–Trinajstić information content (AvgIpc) is 2.70. The molecule has 0 fully saturated rings. The summed E-state index contributed by atoms with van der Waals surface area (Å²) in [6, 6.07) is 10.7. The Hall–Kier alpha value is -2.71. The Kier molecular flexibility index (Phi) is 4.71. The van der Waals surface area contributed by atoms with Crippen LogP contribution >= 0.6 is 0 Å². The largest absolute Gasteiger partial charge is 0.316 e. The molecule has 1 aliphatic rings. The number of aromatic nitrogens is 2. The van der Waals surface area contributed by atoms with Crippen LogP contribution in [-0.4, -0.2) is 17.6 Å². The standard InChI is InChI=1S/C21H23N3O4S/c1-13-11-17-18(24(3)21(26)20(25)23(17)2)12-19(13)29(27,28)22-16-10-6-8-14-7-4-5-9-15(14)16/h4-5,7,9,11-12,16,22H,6,8,10H2,1-3H3. The molecule has 0 aliphatic heterocycles. The molecule has 0 saturated heterocycles. The van der Waals surface area contributed by atoms with Gasteiger partial charge in [-0.3, -0.25) is 9.59 Å². The lowest BCUT2D eigenvalue weighted by Crippen LogP contribution is -2.39. The molecule has 1 aromatic heterocycles. The maximum absolute atomic E-state index is 13.3. The number of hydrogen-bond acceptors (Lipinski definition) is 4. The molecule has 8 heteroatoms. The Morgan fingerprint density at radius 3 is 2.31 bits per heavy atom. The van der Waals surface area contributed by atoms with Crippen molar-refractivity contribution in [2.75, 3.05) is 0 Å². The van der Waals surface area contributed by atoms with E-state index in [-0.39, 0.29) is 10.9 Å². The lowest BCUT2D eigenvalue weighted by molar-refractivity contribution is 0.507. The summed E-state index contributed by atoms with van der Waals surface area (Å²) in [6.45, 7) is 1.69. The zero-order chi connectivity index (χ0) is 20.9. The van der Waals surface area contributed by atoms with E-state index in [1.807, 2.05) is 24.3 Å². The predicted molar refractivity (Wildman–Crippen MR) is 112 cm³/mol. The molecule has 2 aromatic carbocycles. The number of sulfonamides is 1. The number of benzene rings is 2. The average molecular weight is 413 g/mol. The minimum Gasteiger partial charge on any atom is -0.305 e. The smallest absolute Gasteiger partial charge is 0.305 e. The molecule has 0 spiro atoms. The van der Waals surface area contributed by atoms with Crippen LogP contribution in [0.5, 0.6) is 0 Å². The molecule has 29 heavy (non-hydrogen) atoms. The molecule has 1 atom stereocenters. The summed E-state index contributed by atoms with van der Waals surface area (Å²) in [5.74, 6) is 0. The highest BCUT2D eigenvalue weighted by Gasteiger charge is 2.27. The van der Waals surface area contributed by atoms with E-state index in [0.29, 0.717) is 16.6 Å². The van der Waals surface area contributed by atoms with Crippen molar-refractivity contribution >= 4 is 21.1 Å². The molecule has 1 unspecified atom stereocenters. The molecule has 0 bridgehead atoms. The number of fused-ring (bicyclic) bond motifs is 2. The van der Waals surface area contributed by atoms with Crippen LogP contribution in [-0.2, 0) is 30.5 Å². The van der Waals surface area contributed by atoms with Crippen LogP contribution in [0, 0.1) is 6.92 Å². The number of hydrogen-bond donors (Lipinski definition) is 1. The summed E-state index contributed by atoms with van der Waals surface area (Å²) in [7, 11) is -0.844. The minimum absolute atomic E-state index is 0.113. The van der Waals surface area contributed by atoms with Crippen molar-refractivity contribution in [1.82, 2.24) is 13.9 Å². The van der Waals surface area contributed by atoms with Crippen molar-refractivity contribution in [3.8, 4) is 0 Å². The van der Waals surface area contributed by atoms with Crippen molar-refractivity contribution in [1.29, 1.82) is 0 Å². The van der Waals surface area contributed by atoms with Gasteiger partial charge in [-0.25, -0.2) is 13.1 Å². The van der Waals surface area contributed by atoms with Gasteiger partial charge >= 0.3 is 11.1 Å². The van der Waals surface area contributed by atoms with Crippen molar-refractivity contribution in [2.24, 2.45) is 14.1 Å². The van der Waals surface area contributed by atoms with E-state index < -0.39 is 21.1 Å².